The van der Waals surface area contributed by atoms with Gasteiger partial charge in [-0.05, 0) is 66.9 Å². The molecule has 0 saturated carbocycles. The summed E-state index contributed by atoms with van der Waals surface area (Å²) in [5.74, 6) is -0.497. The molecular weight excluding hydrogens is 504 g/mol. The number of carbonyl (C=O) groups is 1. The van der Waals surface area contributed by atoms with E-state index in [1.54, 1.807) is 30.3 Å². The van der Waals surface area contributed by atoms with Gasteiger partial charge in [-0.1, -0.05) is 38.0 Å². The van der Waals surface area contributed by atoms with Crippen molar-refractivity contribution in [3.63, 3.8) is 0 Å². The molecule has 8 heteroatoms. The molecule has 202 valence electrons. The maximum Gasteiger partial charge on any atom is 0.291 e. The van der Waals surface area contributed by atoms with E-state index in [4.69, 9.17) is 13.9 Å². The minimum absolute atomic E-state index is 0.0519. The highest BCUT2D eigenvalue weighted by Gasteiger charge is 2.43. The molecule has 39 heavy (non-hydrogen) atoms. The summed E-state index contributed by atoms with van der Waals surface area (Å²) in [4.78, 5) is 28.9. The van der Waals surface area contributed by atoms with Crippen LogP contribution in [0.2, 0.25) is 0 Å². The van der Waals surface area contributed by atoms with E-state index in [1.165, 1.54) is 29.2 Å². The van der Waals surface area contributed by atoms with Crippen molar-refractivity contribution in [3.8, 4) is 11.5 Å². The van der Waals surface area contributed by atoms with Crippen LogP contribution in [0, 0.1) is 11.6 Å². The predicted molar refractivity (Wildman–Crippen MR) is 143 cm³/mol. The van der Waals surface area contributed by atoms with Crippen LogP contribution in [0.5, 0.6) is 11.5 Å². The van der Waals surface area contributed by atoms with Crippen molar-refractivity contribution in [2.75, 3.05) is 13.2 Å². The number of hydrogen-bond acceptors (Lipinski definition) is 5. The van der Waals surface area contributed by atoms with Crippen LogP contribution in [-0.2, 0) is 6.54 Å². The first kappa shape index (κ1) is 26.4. The monoisotopic (exact) mass is 533 g/mol. The van der Waals surface area contributed by atoms with E-state index >= 15 is 0 Å². The minimum atomic E-state index is -0.838. The summed E-state index contributed by atoms with van der Waals surface area (Å²) in [7, 11) is 0. The number of unbranched alkanes of at least 4 members (excludes halogenated alkanes) is 2. The molecule has 4 aromatic rings. The van der Waals surface area contributed by atoms with E-state index in [0.29, 0.717) is 35.8 Å². The highest BCUT2D eigenvalue weighted by atomic mass is 19.1. The number of benzene rings is 3. The van der Waals surface area contributed by atoms with Crippen LogP contribution >= 0.6 is 0 Å². The van der Waals surface area contributed by atoms with Gasteiger partial charge in [-0.15, -0.1) is 0 Å². The Morgan fingerprint density at radius 3 is 2.38 bits per heavy atom. The average molecular weight is 534 g/mol. The second kappa shape index (κ2) is 11.3. The number of amides is 1. The molecule has 1 aliphatic heterocycles. The van der Waals surface area contributed by atoms with Crippen LogP contribution in [0.3, 0.4) is 0 Å². The van der Waals surface area contributed by atoms with Gasteiger partial charge in [0.05, 0.1) is 30.2 Å². The van der Waals surface area contributed by atoms with E-state index in [1.807, 2.05) is 6.92 Å². The average Bonchev–Trinajstić information content (AvgIpc) is 3.20. The van der Waals surface area contributed by atoms with E-state index in [0.717, 1.165) is 25.3 Å². The van der Waals surface area contributed by atoms with Crippen molar-refractivity contribution in [2.24, 2.45) is 0 Å². The standard InChI is InChI=1S/C31H29F2NO5/c1-3-5-6-15-38-25-13-9-20(16-26(25)37-4-2)28-27-29(35)23-17-22(33)12-14-24(23)39-30(27)31(36)34(28)18-19-7-10-21(32)11-8-19/h7-14,16-17,28H,3-6,15,18H2,1-2H3. The molecule has 3 aromatic carbocycles. The van der Waals surface area contributed by atoms with Gasteiger partial charge in [0, 0.05) is 6.54 Å². The third kappa shape index (κ3) is 5.24. The van der Waals surface area contributed by atoms with Gasteiger partial charge in [-0.3, -0.25) is 9.59 Å². The maximum atomic E-state index is 14.1. The second-order valence-corrected chi connectivity index (χ2v) is 9.47. The maximum absolute atomic E-state index is 14.1. The summed E-state index contributed by atoms with van der Waals surface area (Å²) in [6.07, 6.45) is 3.02. The van der Waals surface area contributed by atoms with Gasteiger partial charge in [-0.25, -0.2) is 8.78 Å². The van der Waals surface area contributed by atoms with Crippen molar-refractivity contribution in [1.82, 2.24) is 4.90 Å². The predicted octanol–water partition coefficient (Wildman–Crippen LogP) is 6.78. The van der Waals surface area contributed by atoms with Gasteiger partial charge in [0.1, 0.15) is 17.2 Å². The largest absolute Gasteiger partial charge is 0.490 e. The van der Waals surface area contributed by atoms with E-state index < -0.39 is 29.0 Å². The number of rotatable bonds is 10. The Labute approximate surface area is 224 Å². The Bertz CT molecular complexity index is 1560. The number of carbonyl (C=O) groups excluding carboxylic acids is 1. The zero-order chi connectivity index (χ0) is 27.5. The molecule has 1 aromatic heterocycles. The van der Waals surface area contributed by atoms with E-state index in [2.05, 4.69) is 6.92 Å². The lowest BCUT2D eigenvalue weighted by molar-refractivity contribution is 0.0714. The molecule has 1 aliphatic rings. The van der Waals surface area contributed by atoms with Crippen molar-refractivity contribution in [1.29, 1.82) is 0 Å². The Morgan fingerprint density at radius 1 is 0.872 bits per heavy atom. The zero-order valence-electron chi connectivity index (χ0n) is 21.8. The molecule has 0 fully saturated rings. The molecule has 1 amide bonds. The van der Waals surface area contributed by atoms with Gasteiger partial charge in [0.2, 0.25) is 5.76 Å². The Balaban J connectivity index is 1.63. The van der Waals surface area contributed by atoms with Crippen LogP contribution in [-0.4, -0.2) is 24.0 Å². The van der Waals surface area contributed by atoms with Crippen molar-refractivity contribution < 1.29 is 27.5 Å². The Hall–Kier alpha value is -4.20. The van der Waals surface area contributed by atoms with Gasteiger partial charge < -0.3 is 18.8 Å². The summed E-state index contributed by atoms with van der Waals surface area (Å²) < 4.78 is 45.4. The molecule has 0 spiro atoms. The lowest BCUT2D eigenvalue weighted by Gasteiger charge is -2.26. The number of ether oxygens (including phenoxy) is 2. The first-order valence-electron chi connectivity index (χ1n) is 13.1. The first-order valence-corrected chi connectivity index (χ1v) is 13.1. The molecule has 0 bridgehead atoms. The van der Waals surface area contributed by atoms with Gasteiger partial charge in [0.15, 0.2) is 16.9 Å². The Morgan fingerprint density at radius 2 is 1.64 bits per heavy atom. The molecule has 0 aliphatic carbocycles. The summed E-state index contributed by atoms with van der Waals surface area (Å²) in [6.45, 7) is 5.00. The minimum Gasteiger partial charge on any atom is -0.490 e. The van der Waals surface area contributed by atoms with Gasteiger partial charge in [0.25, 0.3) is 5.91 Å². The lowest BCUT2D eigenvalue weighted by atomic mass is 9.97. The van der Waals surface area contributed by atoms with Gasteiger partial charge >= 0.3 is 0 Å². The molecule has 5 rings (SSSR count). The van der Waals surface area contributed by atoms with Crippen molar-refractivity contribution in [3.05, 3.63) is 105 Å². The molecule has 0 radical (unpaired) electrons. The normalized spacial score (nSPS) is 14.6. The fourth-order valence-electron chi connectivity index (χ4n) is 4.91. The summed E-state index contributed by atoms with van der Waals surface area (Å²) in [5, 5.41) is 0.0519. The summed E-state index contributed by atoms with van der Waals surface area (Å²) in [5.41, 5.74) is 1.05. The van der Waals surface area contributed by atoms with Crippen LogP contribution in [0.15, 0.2) is 69.9 Å². The fraction of sp³-hybridized carbons (Fsp3) is 0.290. The smallest absolute Gasteiger partial charge is 0.291 e. The highest BCUT2D eigenvalue weighted by molar-refractivity contribution is 5.99. The van der Waals surface area contributed by atoms with Crippen LogP contribution in [0.4, 0.5) is 8.78 Å². The Kier molecular flexibility index (Phi) is 7.63. The second-order valence-electron chi connectivity index (χ2n) is 9.47. The number of hydrogen-bond donors (Lipinski definition) is 0. The SMILES string of the molecule is CCCCCOc1ccc(C2c3c(oc4ccc(F)cc4c3=O)C(=O)N2Cc2ccc(F)cc2)cc1OCC. The van der Waals surface area contributed by atoms with E-state index in [-0.39, 0.29) is 28.8 Å². The van der Waals surface area contributed by atoms with Crippen LogP contribution in [0.25, 0.3) is 11.0 Å². The van der Waals surface area contributed by atoms with Crippen LogP contribution < -0.4 is 14.9 Å². The molecule has 0 N–H and O–H groups in total. The van der Waals surface area contributed by atoms with Crippen LogP contribution in [0.1, 0.15) is 66.4 Å². The summed E-state index contributed by atoms with van der Waals surface area (Å²) >= 11 is 0. The van der Waals surface area contributed by atoms with Crippen molar-refractivity contribution in [2.45, 2.75) is 45.7 Å². The fourth-order valence-corrected chi connectivity index (χ4v) is 4.91. The van der Waals surface area contributed by atoms with E-state index in [9.17, 15) is 18.4 Å². The quantitative estimate of drug-likeness (QED) is 0.210. The number of halogens is 2. The third-order valence-corrected chi connectivity index (χ3v) is 6.78. The number of nitrogens with zero attached hydrogens (tertiary/aromatic N) is 1. The first-order chi connectivity index (χ1) is 18.9. The third-order valence-electron chi connectivity index (χ3n) is 6.78. The molecule has 6 nitrogen and oxygen atoms in total. The molecular formula is C31H29F2NO5. The van der Waals surface area contributed by atoms with Gasteiger partial charge in [-0.2, -0.15) is 0 Å². The lowest BCUT2D eigenvalue weighted by Crippen LogP contribution is -2.29. The summed E-state index contributed by atoms with van der Waals surface area (Å²) in [6, 6.07) is 13.9. The van der Waals surface area contributed by atoms with Crippen molar-refractivity contribution >= 4 is 16.9 Å². The molecule has 2 heterocycles. The molecule has 0 saturated heterocycles. The molecule has 1 atom stereocenters. The zero-order valence-corrected chi connectivity index (χ0v) is 21.8. The topological polar surface area (TPSA) is 69.0 Å². The molecule has 1 unspecified atom stereocenters. The highest BCUT2D eigenvalue weighted by Crippen LogP contribution is 2.42. The number of fused-ring (bicyclic) bond motifs is 2.